The lowest BCUT2D eigenvalue weighted by atomic mass is 10.1. The minimum absolute atomic E-state index is 0.0153. The molecule has 5 aliphatic rings. The summed E-state index contributed by atoms with van der Waals surface area (Å²) in [4.78, 5) is 102. The van der Waals surface area contributed by atoms with Crippen molar-refractivity contribution in [3.8, 4) is 23.0 Å². The van der Waals surface area contributed by atoms with Gasteiger partial charge in [0.15, 0.2) is 23.0 Å². The van der Waals surface area contributed by atoms with Crippen molar-refractivity contribution in [2.75, 3.05) is 60.8 Å². The monoisotopic (exact) mass is 1090 g/mol. The summed E-state index contributed by atoms with van der Waals surface area (Å²) in [6.45, 7) is 4.80. The Labute approximate surface area is 462 Å². The molecule has 5 aromatic carbocycles. The molecule has 80 heavy (non-hydrogen) atoms. The van der Waals surface area contributed by atoms with Crippen LogP contribution in [-0.4, -0.2) is 117 Å². The number of nitrogens with one attached hydrogen (secondary N) is 5. The van der Waals surface area contributed by atoms with E-state index in [1.165, 1.54) is 34.1 Å². The molecule has 10 rings (SSSR count). The van der Waals surface area contributed by atoms with E-state index in [0.29, 0.717) is 108 Å². The van der Waals surface area contributed by atoms with Crippen molar-refractivity contribution >= 4 is 76.0 Å². The summed E-state index contributed by atoms with van der Waals surface area (Å²) in [6.07, 6.45) is 7.59. The Bertz CT molecular complexity index is 3340. The van der Waals surface area contributed by atoms with Gasteiger partial charge in [-0.05, 0) is 97.8 Å². The van der Waals surface area contributed by atoms with Crippen LogP contribution in [0.2, 0.25) is 0 Å². The van der Waals surface area contributed by atoms with Crippen LogP contribution in [0.5, 0.6) is 23.0 Å². The number of nitrogens with zero attached hydrogens (tertiary/aromatic N) is 4. The molecule has 5 aromatic rings. The minimum atomic E-state index is -1.04. The second-order valence-electron chi connectivity index (χ2n) is 20.3. The number of fused-ring (bicyclic) bond motifs is 8. The van der Waals surface area contributed by atoms with Gasteiger partial charge in [0.1, 0.15) is 25.3 Å². The standard InChI is InChI=1S/C60H63N9O11/c1-35(64-55(71)17-10-9-16-54(70)61-19-21-67-20-11-18-56(67)72)57(73)65-36(2)58(74)66-41-23-37(33-79-52-29-46-44(27-50(52)77-3)59(75)68-42(31-62-46)25-39-12-5-7-14-48(39)68)22-38(24-41)34-80-53-30-47-45(28-51(53)78-4)60(76)69-43(32-63-47)26-40-13-6-8-15-49(40)69/h5-8,11-15,18,22-24,27-31,35-36,42-43,63H,9-10,16-17,19-21,25-26,32-34H2,1-4H3,(H,61,70)(H,64,71)(H,65,73)(H,66,74)/t35?,36?,42-,43-/m0/s1. The van der Waals surface area contributed by atoms with Gasteiger partial charge in [0.2, 0.25) is 29.5 Å². The van der Waals surface area contributed by atoms with E-state index in [2.05, 4.69) is 26.6 Å². The lowest BCUT2D eigenvalue weighted by Crippen LogP contribution is -2.50. The van der Waals surface area contributed by atoms with Gasteiger partial charge in [-0.1, -0.05) is 42.5 Å². The molecular weight excluding hydrogens is 1020 g/mol. The Morgan fingerprint density at radius 3 is 2.01 bits per heavy atom. The number of rotatable bonds is 21. The van der Waals surface area contributed by atoms with E-state index < -0.39 is 23.9 Å². The first-order valence-corrected chi connectivity index (χ1v) is 26.8. The Balaban J connectivity index is 0.809. The van der Waals surface area contributed by atoms with Crippen LogP contribution in [0.1, 0.15) is 82.5 Å². The topological polar surface area (TPSA) is 239 Å². The Morgan fingerprint density at radius 2 is 1.32 bits per heavy atom. The Kier molecular flexibility index (Phi) is 16.1. The molecule has 0 saturated carbocycles. The van der Waals surface area contributed by atoms with Crippen molar-refractivity contribution in [3.05, 3.63) is 137 Å². The quantitative estimate of drug-likeness (QED) is 0.0519. The average molecular weight is 1090 g/mol. The van der Waals surface area contributed by atoms with Crippen LogP contribution in [0.25, 0.3) is 0 Å². The zero-order valence-electron chi connectivity index (χ0n) is 45.0. The number of methoxy groups -OCH3 is 2. The highest BCUT2D eigenvalue weighted by atomic mass is 16.5. The molecule has 5 heterocycles. The maximum atomic E-state index is 14.1. The zero-order chi connectivity index (χ0) is 56.0. The van der Waals surface area contributed by atoms with Gasteiger partial charge in [-0.3, -0.25) is 43.5 Å². The number of unbranched alkanes of at least 4 members (excludes halogenated alkanes) is 1. The largest absolute Gasteiger partial charge is 0.493 e. The number of hydrogen-bond donors (Lipinski definition) is 5. The maximum Gasteiger partial charge on any atom is 0.261 e. The molecule has 0 radical (unpaired) electrons. The van der Waals surface area contributed by atoms with Crippen LogP contribution < -0.4 is 55.3 Å². The fourth-order valence-corrected chi connectivity index (χ4v) is 10.6. The van der Waals surface area contributed by atoms with E-state index in [4.69, 9.17) is 23.9 Å². The second-order valence-corrected chi connectivity index (χ2v) is 20.3. The number of amides is 7. The summed E-state index contributed by atoms with van der Waals surface area (Å²) in [5.41, 5.74) is 7.33. The molecule has 20 heteroatoms. The van der Waals surface area contributed by atoms with Crippen molar-refractivity contribution in [2.45, 2.75) is 89.8 Å². The highest BCUT2D eigenvalue weighted by Gasteiger charge is 2.39. The lowest BCUT2D eigenvalue weighted by molar-refractivity contribution is -0.130. The smallest absolute Gasteiger partial charge is 0.261 e. The van der Waals surface area contributed by atoms with E-state index in [-0.39, 0.29) is 67.7 Å². The predicted molar refractivity (Wildman–Crippen MR) is 300 cm³/mol. The SMILES string of the molecule is COc1cc2c(cc1OCc1cc(COc3cc4c(cc3OC)C(=O)N3c5ccccc5C[C@H]3CN4)cc(NC(=O)C(C)NC(=O)C(C)NC(=O)CCCCC(=O)NCCN3CC=CC3=O)c1)N=C[C@@H]1Cc3ccccc3N1C2=O. The van der Waals surface area contributed by atoms with Crippen molar-refractivity contribution in [2.24, 2.45) is 4.99 Å². The van der Waals surface area contributed by atoms with Crippen LogP contribution in [0, 0.1) is 0 Å². The first-order chi connectivity index (χ1) is 38.7. The van der Waals surface area contributed by atoms with E-state index in [1.807, 2.05) is 59.5 Å². The molecule has 0 spiro atoms. The van der Waals surface area contributed by atoms with Gasteiger partial charge in [0.25, 0.3) is 11.8 Å². The predicted octanol–water partition coefficient (Wildman–Crippen LogP) is 6.17. The second kappa shape index (κ2) is 23.8. The third-order valence-electron chi connectivity index (χ3n) is 14.8. The number of benzene rings is 5. The molecule has 20 nitrogen and oxygen atoms in total. The lowest BCUT2D eigenvalue weighted by Gasteiger charge is -2.22. The van der Waals surface area contributed by atoms with Gasteiger partial charge in [-0.15, -0.1) is 0 Å². The normalized spacial score (nSPS) is 17.1. The molecule has 4 atom stereocenters. The molecule has 5 aliphatic heterocycles. The van der Waals surface area contributed by atoms with Crippen molar-refractivity contribution in [1.82, 2.24) is 20.9 Å². The van der Waals surface area contributed by atoms with Crippen LogP contribution >= 0.6 is 0 Å². The maximum absolute atomic E-state index is 14.1. The minimum Gasteiger partial charge on any atom is -0.493 e. The van der Waals surface area contributed by atoms with E-state index in [0.717, 1.165) is 28.9 Å². The van der Waals surface area contributed by atoms with Gasteiger partial charge >= 0.3 is 0 Å². The fraction of sp³-hybridized carbons (Fsp3) is 0.333. The van der Waals surface area contributed by atoms with Gasteiger partial charge < -0.3 is 55.3 Å². The molecule has 2 unspecified atom stereocenters. The summed E-state index contributed by atoms with van der Waals surface area (Å²) in [5.74, 6) is -0.753. The zero-order valence-corrected chi connectivity index (χ0v) is 45.0. The first-order valence-electron chi connectivity index (χ1n) is 26.8. The summed E-state index contributed by atoms with van der Waals surface area (Å²) in [7, 11) is 3.00. The Hall–Kier alpha value is -9.20. The summed E-state index contributed by atoms with van der Waals surface area (Å²) >= 11 is 0. The van der Waals surface area contributed by atoms with Gasteiger partial charge in [0.05, 0.1) is 48.8 Å². The van der Waals surface area contributed by atoms with Crippen LogP contribution in [0.3, 0.4) is 0 Å². The number of carbonyl (C=O) groups is 7. The molecule has 414 valence electrons. The van der Waals surface area contributed by atoms with Gasteiger partial charge in [-0.2, -0.15) is 0 Å². The average Bonchev–Trinajstić information content (AvgIpc) is 4.14. The number of hydrogen-bond acceptors (Lipinski definition) is 13. The van der Waals surface area contributed by atoms with E-state index >= 15 is 0 Å². The molecule has 0 bridgehead atoms. The number of carbonyl (C=O) groups excluding carboxylic acids is 7. The summed E-state index contributed by atoms with van der Waals surface area (Å²) < 4.78 is 24.5. The Morgan fingerprint density at radius 1 is 0.700 bits per heavy atom. The van der Waals surface area contributed by atoms with E-state index in [1.54, 1.807) is 58.5 Å². The summed E-state index contributed by atoms with van der Waals surface area (Å²) in [6, 6.07) is 25.4. The molecule has 0 aromatic heterocycles. The number of aliphatic imine (C=N–C) groups is 1. The molecular formula is C60H63N9O11. The van der Waals surface area contributed by atoms with Crippen molar-refractivity contribution < 1.29 is 52.5 Å². The molecule has 5 N–H and O–H groups in total. The van der Waals surface area contributed by atoms with Gasteiger partial charge in [0, 0.05) is 86.9 Å². The molecule has 0 aliphatic carbocycles. The van der Waals surface area contributed by atoms with Crippen LogP contribution in [-0.2, 0) is 50.0 Å². The first kappa shape index (κ1) is 54.2. The fourth-order valence-electron chi connectivity index (χ4n) is 10.6. The molecule has 0 fully saturated rings. The van der Waals surface area contributed by atoms with Crippen molar-refractivity contribution in [3.63, 3.8) is 0 Å². The van der Waals surface area contributed by atoms with Crippen LogP contribution in [0.15, 0.2) is 108 Å². The summed E-state index contributed by atoms with van der Waals surface area (Å²) in [5, 5.41) is 14.5. The molecule has 0 saturated heterocycles. The van der Waals surface area contributed by atoms with Crippen LogP contribution in [0.4, 0.5) is 28.4 Å². The third kappa shape index (κ3) is 11.8. The number of ether oxygens (including phenoxy) is 4. The van der Waals surface area contributed by atoms with E-state index in [9.17, 15) is 33.6 Å². The number of para-hydroxylation sites is 2. The number of anilines is 4. The molecule has 7 amide bonds. The van der Waals surface area contributed by atoms with Gasteiger partial charge in [-0.25, -0.2) is 0 Å². The van der Waals surface area contributed by atoms with Crippen molar-refractivity contribution in [1.29, 1.82) is 0 Å². The highest BCUT2D eigenvalue weighted by Crippen LogP contribution is 2.43. The third-order valence-corrected chi connectivity index (χ3v) is 14.8. The highest BCUT2D eigenvalue weighted by molar-refractivity contribution is 6.15.